The molecular formula is C11H9BrN2. The molecular weight excluding hydrogens is 240 g/mol. The predicted molar refractivity (Wildman–Crippen MR) is 60.1 cm³/mol. The first-order valence-corrected chi connectivity index (χ1v) is 5.20. The SMILES string of the molecule is N#C/C=C/C1CNc2cc(Br)ccc21. The summed E-state index contributed by atoms with van der Waals surface area (Å²) in [6.45, 7) is 0.879. The zero-order valence-electron chi connectivity index (χ0n) is 7.50. The standard InChI is InChI=1S/C11H9BrN2/c12-9-3-4-10-8(2-1-5-13)7-14-11(10)6-9/h1-4,6,8,14H,7H2/b2-1+. The largest absolute Gasteiger partial charge is 0.384 e. The van der Waals surface area contributed by atoms with Gasteiger partial charge in [0.2, 0.25) is 0 Å². The summed E-state index contributed by atoms with van der Waals surface area (Å²) in [5.74, 6) is 0.331. The van der Waals surface area contributed by atoms with Crippen LogP contribution in [0.5, 0.6) is 0 Å². The molecule has 1 unspecified atom stereocenters. The van der Waals surface area contributed by atoms with E-state index in [0.717, 1.165) is 16.7 Å². The molecule has 1 atom stereocenters. The molecule has 0 fully saturated rings. The van der Waals surface area contributed by atoms with Crippen LogP contribution in [0.1, 0.15) is 11.5 Å². The van der Waals surface area contributed by atoms with Crippen LogP contribution in [0.3, 0.4) is 0 Å². The molecule has 0 aliphatic carbocycles. The third-order valence-corrected chi connectivity index (χ3v) is 2.82. The number of anilines is 1. The Morgan fingerprint density at radius 3 is 3.21 bits per heavy atom. The first kappa shape index (κ1) is 9.29. The van der Waals surface area contributed by atoms with Crippen molar-refractivity contribution < 1.29 is 0 Å². The van der Waals surface area contributed by atoms with Gasteiger partial charge >= 0.3 is 0 Å². The Labute approximate surface area is 91.4 Å². The molecule has 0 saturated heterocycles. The topological polar surface area (TPSA) is 35.8 Å². The Bertz CT molecular complexity index is 418. The van der Waals surface area contributed by atoms with Crippen LogP contribution in [0.4, 0.5) is 5.69 Å². The second kappa shape index (κ2) is 3.85. The van der Waals surface area contributed by atoms with Crippen molar-refractivity contribution in [3.63, 3.8) is 0 Å². The quantitative estimate of drug-likeness (QED) is 0.776. The van der Waals surface area contributed by atoms with Gasteiger partial charge in [0.1, 0.15) is 0 Å². The van der Waals surface area contributed by atoms with E-state index in [4.69, 9.17) is 5.26 Å². The predicted octanol–water partition coefficient (Wildman–Crippen LogP) is 3.04. The highest BCUT2D eigenvalue weighted by Crippen LogP contribution is 2.34. The van der Waals surface area contributed by atoms with Crippen molar-refractivity contribution in [1.82, 2.24) is 0 Å². The van der Waals surface area contributed by atoms with Crippen molar-refractivity contribution in [3.8, 4) is 6.07 Å². The first-order chi connectivity index (χ1) is 6.81. The third-order valence-electron chi connectivity index (χ3n) is 2.33. The summed E-state index contributed by atoms with van der Waals surface area (Å²) in [5, 5.41) is 11.8. The molecule has 0 amide bonds. The van der Waals surface area contributed by atoms with Gasteiger partial charge in [0.15, 0.2) is 0 Å². The van der Waals surface area contributed by atoms with E-state index in [1.807, 2.05) is 18.2 Å². The second-order valence-electron chi connectivity index (χ2n) is 3.21. The Balaban J connectivity index is 2.32. The van der Waals surface area contributed by atoms with E-state index >= 15 is 0 Å². The summed E-state index contributed by atoms with van der Waals surface area (Å²) in [6, 6.07) is 8.20. The van der Waals surface area contributed by atoms with E-state index < -0.39 is 0 Å². The molecule has 0 saturated carbocycles. The van der Waals surface area contributed by atoms with Gasteiger partial charge in [0.05, 0.1) is 6.07 Å². The Morgan fingerprint density at radius 2 is 2.43 bits per heavy atom. The average Bonchev–Trinajstić information content (AvgIpc) is 2.57. The van der Waals surface area contributed by atoms with Crippen molar-refractivity contribution in [2.75, 3.05) is 11.9 Å². The average molecular weight is 249 g/mol. The molecule has 1 aliphatic heterocycles. The summed E-state index contributed by atoms with van der Waals surface area (Å²) >= 11 is 3.43. The zero-order chi connectivity index (χ0) is 9.97. The molecule has 0 spiro atoms. The lowest BCUT2D eigenvalue weighted by Crippen LogP contribution is -1.97. The van der Waals surface area contributed by atoms with Gasteiger partial charge in [-0.25, -0.2) is 0 Å². The first-order valence-electron chi connectivity index (χ1n) is 4.41. The molecule has 0 radical (unpaired) electrons. The van der Waals surface area contributed by atoms with Crippen LogP contribution in [-0.2, 0) is 0 Å². The highest BCUT2D eigenvalue weighted by atomic mass is 79.9. The normalized spacial score (nSPS) is 19.0. The molecule has 1 N–H and O–H groups in total. The molecule has 0 aromatic heterocycles. The number of nitrogens with one attached hydrogen (secondary N) is 1. The lowest BCUT2D eigenvalue weighted by atomic mass is 10.0. The maximum atomic E-state index is 8.45. The summed E-state index contributed by atoms with van der Waals surface area (Å²) in [6.07, 6.45) is 3.48. The van der Waals surface area contributed by atoms with Crippen LogP contribution in [-0.4, -0.2) is 6.54 Å². The van der Waals surface area contributed by atoms with Crippen LogP contribution < -0.4 is 5.32 Å². The highest BCUT2D eigenvalue weighted by molar-refractivity contribution is 9.10. The minimum absolute atomic E-state index is 0.331. The Kier molecular flexibility index (Phi) is 2.55. The number of nitrogens with zero attached hydrogens (tertiary/aromatic N) is 1. The summed E-state index contributed by atoms with van der Waals surface area (Å²) in [4.78, 5) is 0. The van der Waals surface area contributed by atoms with E-state index in [0.29, 0.717) is 5.92 Å². The van der Waals surface area contributed by atoms with Crippen LogP contribution in [0.15, 0.2) is 34.8 Å². The minimum atomic E-state index is 0.331. The number of fused-ring (bicyclic) bond motifs is 1. The van der Waals surface area contributed by atoms with Crippen LogP contribution in [0, 0.1) is 11.3 Å². The van der Waals surface area contributed by atoms with E-state index in [2.05, 4.69) is 33.4 Å². The minimum Gasteiger partial charge on any atom is -0.384 e. The lowest BCUT2D eigenvalue weighted by Gasteiger charge is -2.02. The van der Waals surface area contributed by atoms with E-state index in [1.54, 1.807) is 6.08 Å². The third kappa shape index (κ3) is 1.66. The van der Waals surface area contributed by atoms with Crippen LogP contribution >= 0.6 is 15.9 Å². The fourth-order valence-corrected chi connectivity index (χ4v) is 2.03. The lowest BCUT2D eigenvalue weighted by molar-refractivity contribution is 0.949. The molecule has 70 valence electrons. The summed E-state index contributed by atoms with van der Waals surface area (Å²) < 4.78 is 1.08. The molecule has 1 aromatic rings. The fourth-order valence-electron chi connectivity index (χ4n) is 1.67. The molecule has 14 heavy (non-hydrogen) atoms. The molecule has 3 heteroatoms. The number of hydrogen-bond donors (Lipinski definition) is 1. The van der Waals surface area contributed by atoms with Gasteiger partial charge < -0.3 is 5.32 Å². The number of rotatable bonds is 1. The summed E-state index contributed by atoms with van der Waals surface area (Å²) in [5.41, 5.74) is 2.42. The number of allylic oxidation sites excluding steroid dienone is 1. The molecule has 0 bridgehead atoms. The van der Waals surface area contributed by atoms with Crippen LogP contribution in [0.25, 0.3) is 0 Å². The number of halogens is 1. The van der Waals surface area contributed by atoms with Gasteiger partial charge in [-0.3, -0.25) is 0 Å². The number of hydrogen-bond acceptors (Lipinski definition) is 2. The maximum absolute atomic E-state index is 8.45. The smallest absolute Gasteiger partial charge is 0.0908 e. The number of benzene rings is 1. The van der Waals surface area contributed by atoms with Gasteiger partial charge in [-0.1, -0.05) is 28.1 Å². The van der Waals surface area contributed by atoms with Gasteiger partial charge in [-0.05, 0) is 17.7 Å². The van der Waals surface area contributed by atoms with E-state index in [9.17, 15) is 0 Å². The maximum Gasteiger partial charge on any atom is 0.0908 e. The van der Waals surface area contributed by atoms with Crippen molar-refractivity contribution >= 4 is 21.6 Å². The van der Waals surface area contributed by atoms with E-state index in [1.165, 1.54) is 5.56 Å². The van der Waals surface area contributed by atoms with Gasteiger partial charge in [-0.2, -0.15) is 5.26 Å². The van der Waals surface area contributed by atoms with Crippen molar-refractivity contribution in [3.05, 3.63) is 40.4 Å². The second-order valence-corrected chi connectivity index (χ2v) is 4.12. The van der Waals surface area contributed by atoms with Gasteiger partial charge in [0.25, 0.3) is 0 Å². The summed E-state index contributed by atoms with van der Waals surface area (Å²) in [7, 11) is 0. The highest BCUT2D eigenvalue weighted by Gasteiger charge is 2.19. The fraction of sp³-hybridized carbons (Fsp3) is 0.182. The molecule has 1 aliphatic rings. The molecule has 1 heterocycles. The molecule has 2 rings (SSSR count). The Morgan fingerprint density at radius 1 is 1.57 bits per heavy atom. The Hall–Kier alpha value is -1.27. The molecule has 1 aromatic carbocycles. The number of nitriles is 1. The zero-order valence-corrected chi connectivity index (χ0v) is 9.08. The van der Waals surface area contributed by atoms with Gasteiger partial charge in [-0.15, -0.1) is 0 Å². The van der Waals surface area contributed by atoms with Gasteiger partial charge in [0, 0.05) is 28.7 Å². The molecule has 2 nitrogen and oxygen atoms in total. The van der Waals surface area contributed by atoms with Crippen molar-refractivity contribution in [2.45, 2.75) is 5.92 Å². The van der Waals surface area contributed by atoms with E-state index in [-0.39, 0.29) is 0 Å². The monoisotopic (exact) mass is 248 g/mol. The van der Waals surface area contributed by atoms with Crippen molar-refractivity contribution in [1.29, 1.82) is 5.26 Å². The van der Waals surface area contributed by atoms with Crippen LogP contribution in [0.2, 0.25) is 0 Å². The van der Waals surface area contributed by atoms with Crippen molar-refractivity contribution in [2.24, 2.45) is 0 Å².